The van der Waals surface area contributed by atoms with Gasteiger partial charge in [0, 0.05) is 17.4 Å². The molecule has 1 saturated heterocycles. The third kappa shape index (κ3) is 2.25. The fraction of sp³-hybridized carbons (Fsp3) is 0.818. The summed E-state index contributed by atoms with van der Waals surface area (Å²) in [5.74, 6) is 0.737. The van der Waals surface area contributed by atoms with Gasteiger partial charge in [-0.15, -0.1) is 23.5 Å². The highest BCUT2D eigenvalue weighted by atomic mass is 32.2. The molecule has 1 aliphatic heterocycles. The van der Waals surface area contributed by atoms with Gasteiger partial charge in [-0.3, -0.25) is 9.59 Å². The molecule has 0 aromatic carbocycles. The third-order valence-electron chi connectivity index (χ3n) is 3.51. The van der Waals surface area contributed by atoms with E-state index in [0.717, 1.165) is 24.3 Å². The quantitative estimate of drug-likeness (QED) is 0.825. The fourth-order valence-corrected chi connectivity index (χ4v) is 6.02. The van der Waals surface area contributed by atoms with Crippen molar-refractivity contribution >= 4 is 35.3 Å². The van der Waals surface area contributed by atoms with Crippen LogP contribution in [0, 0.1) is 11.8 Å². The van der Waals surface area contributed by atoms with E-state index < -0.39 is 11.9 Å². The van der Waals surface area contributed by atoms with E-state index in [4.69, 9.17) is 0 Å². The Labute approximate surface area is 104 Å². The van der Waals surface area contributed by atoms with Crippen molar-refractivity contribution < 1.29 is 14.7 Å². The van der Waals surface area contributed by atoms with Crippen LogP contribution in [0.15, 0.2) is 0 Å². The average molecular weight is 260 g/mol. The Hall–Kier alpha value is -0.160. The van der Waals surface area contributed by atoms with Crippen LogP contribution in [0.2, 0.25) is 0 Å². The first-order valence-electron chi connectivity index (χ1n) is 5.55. The van der Waals surface area contributed by atoms with Crippen molar-refractivity contribution in [2.24, 2.45) is 11.8 Å². The largest absolute Gasteiger partial charge is 0.481 e. The first kappa shape index (κ1) is 12.3. The smallest absolute Gasteiger partial charge is 0.307 e. The van der Waals surface area contributed by atoms with E-state index in [1.807, 2.05) is 23.5 Å². The Morgan fingerprint density at radius 3 is 2.38 bits per heavy atom. The molecular weight excluding hydrogens is 244 g/mol. The number of carboxylic acids is 1. The number of ketones is 1. The summed E-state index contributed by atoms with van der Waals surface area (Å²) in [4.78, 5) is 22.7. The van der Waals surface area contributed by atoms with Crippen LogP contribution in [0.1, 0.15) is 26.2 Å². The van der Waals surface area contributed by atoms with Crippen molar-refractivity contribution in [3.8, 4) is 0 Å². The minimum atomic E-state index is -0.799. The molecule has 0 radical (unpaired) electrons. The second kappa shape index (κ2) is 4.61. The summed E-state index contributed by atoms with van der Waals surface area (Å²) in [6.45, 7) is 1.52. The van der Waals surface area contributed by atoms with Gasteiger partial charge in [-0.2, -0.15) is 0 Å². The number of rotatable bonds is 2. The summed E-state index contributed by atoms with van der Waals surface area (Å²) in [5, 5.41) is 9.23. The van der Waals surface area contributed by atoms with Gasteiger partial charge in [0.2, 0.25) is 0 Å². The first-order chi connectivity index (χ1) is 7.54. The number of aliphatic carboxylic acids is 1. The summed E-state index contributed by atoms with van der Waals surface area (Å²) in [7, 11) is 0. The van der Waals surface area contributed by atoms with Crippen LogP contribution in [0.4, 0.5) is 0 Å². The lowest BCUT2D eigenvalue weighted by molar-refractivity contribution is -0.148. The van der Waals surface area contributed by atoms with Crippen LogP contribution in [-0.4, -0.2) is 32.4 Å². The topological polar surface area (TPSA) is 54.4 Å². The predicted molar refractivity (Wildman–Crippen MR) is 66.8 cm³/mol. The molecule has 3 nitrogen and oxygen atoms in total. The Morgan fingerprint density at radius 1 is 1.25 bits per heavy atom. The molecule has 16 heavy (non-hydrogen) atoms. The van der Waals surface area contributed by atoms with E-state index in [1.165, 1.54) is 6.92 Å². The number of hydrogen-bond acceptors (Lipinski definition) is 4. The number of Topliss-reactive ketones (excluding diaryl/α,β-unsaturated/α-hetero) is 1. The molecule has 1 saturated carbocycles. The number of carbonyl (C=O) groups excluding carboxylic acids is 1. The van der Waals surface area contributed by atoms with E-state index in [2.05, 4.69) is 0 Å². The lowest BCUT2D eigenvalue weighted by atomic mass is 9.77. The maximum Gasteiger partial charge on any atom is 0.307 e. The zero-order chi connectivity index (χ0) is 11.8. The van der Waals surface area contributed by atoms with Crippen LogP contribution in [0.3, 0.4) is 0 Å². The standard InChI is InChI=1S/C11H16O3S2/c1-7(12)8-2-3-11(15-4-5-16-11)6-9(8)10(13)14/h8-9H,2-6H2,1H3,(H,13,14)/t8-,9+/m1/s1. The molecule has 0 bridgehead atoms. The molecule has 0 aromatic rings. The van der Waals surface area contributed by atoms with Gasteiger partial charge in [-0.25, -0.2) is 0 Å². The SMILES string of the molecule is CC(=O)[C@H]1CCC2(C[C@@H]1C(=O)O)SCCS2. The van der Waals surface area contributed by atoms with Gasteiger partial charge in [0.05, 0.1) is 10.00 Å². The van der Waals surface area contributed by atoms with E-state index in [1.54, 1.807) is 0 Å². The Kier molecular flexibility index (Phi) is 3.54. The zero-order valence-electron chi connectivity index (χ0n) is 9.27. The fourth-order valence-electron chi connectivity index (χ4n) is 2.66. The van der Waals surface area contributed by atoms with Gasteiger partial charge in [-0.05, 0) is 26.2 Å². The molecule has 1 N–H and O–H groups in total. The zero-order valence-corrected chi connectivity index (χ0v) is 10.9. The first-order valence-corrected chi connectivity index (χ1v) is 7.52. The van der Waals surface area contributed by atoms with Gasteiger partial charge in [-0.1, -0.05) is 0 Å². The highest BCUT2D eigenvalue weighted by Gasteiger charge is 2.47. The second-order valence-corrected chi connectivity index (χ2v) is 7.73. The van der Waals surface area contributed by atoms with Crippen molar-refractivity contribution in [1.82, 2.24) is 0 Å². The maximum absolute atomic E-state index is 11.4. The molecule has 90 valence electrons. The second-order valence-electron chi connectivity index (χ2n) is 4.51. The molecule has 1 spiro atoms. The van der Waals surface area contributed by atoms with Crippen LogP contribution in [0.25, 0.3) is 0 Å². The van der Waals surface area contributed by atoms with E-state index >= 15 is 0 Å². The van der Waals surface area contributed by atoms with Gasteiger partial charge >= 0.3 is 5.97 Å². The lowest BCUT2D eigenvalue weighted by Gasteiger charge is -2.38. The third-order valence-corrected chi connectivity index (χ3v) is 7.08. The Bertz CT molecular complexity index is 310. The molecule has 2 atom stereocenters. The van der Waals surface area contributed by atoms with Crippen molar-refractivity contribution in [3.05, 3.63) is 0 Å². The van der Waals surface area contributed by atoms with Crippen molar-refractivity contribution in [3.63, 3.8) is 0 Å². The predicted octanol–water partition coefficient (Wildman–Crippen LogP) is 2.25. The van der Waals surface area contributed by atoms with Gasteiger partial charge < -0.3 is 5.11 Å². The summed E-state index contributed by atoms with van der Waals surface area (Å²) in [6.07, 6.45) is 2.38. The number of thioether (sulfide) groups is 2. The monoisotopic (exact) mass is 260 g/mol. The summed E-state index contributed by atoms with van der Waals surface area (Å²) < 4.78 is 0.0923. The molecule has 0 amide bonds. The molecule has 0 unspecified atom stereocenters. The maximum atomic E-state index is 11.4. The van der Waals surface area contributed by atoms with Crippen LogP contribution < -0.4 is 0 Å². The molecule has 0 aromatic heterocycles. The summed E-state index contributed by atoms with van der Waals surface area (Å²) >= 11 is 3.78. The molecule has 1 aliphatic carbocycles. The van der Waals surface area contributed by atoms with Gasteiger partial charge in [0.25, 0.3) is 0 Å². The highest BCUT2D eigenvalue weighted by molar-refractivity contribution is 8.21. The normalized spacial score (nSPS) is 32.8. The number of carboxylic acid groups (broad SMARTS) is 1. The van der Waals surface area contributed by atoms with E-state index in [9.17, 15) is 14.7 Å². The lowest BCUT2D eigenvalue weighted by Crippen LogP contribution is -2.39. The molecule has 1 heterocycles. The molecule has 5 heteroatoms. The molecular formula is C11H16O3S2. The van der Waals surface area contributed by atoms with Gasteiger partial charge in [0.1, 0.15) is 5.78 Å². The Morgan fingerprint density at radius 2 is 1.88 bits per heavy atom. The van der Waals surface area contributed by atoms with Crippen molar-refractivity contribution in [2.75, 3.05) is 11.5 Å². The van der Waals surface area contributed by atoms with Crippen LogP contribution in [-0.2, 0) is 9.59 Å². The number of carbonyl (C=O) groups is 2. The van der Waals surface area contributed by atoms with E-state index in [0.29, 0.717) is 6.42 Å². The van der Waals surface area contributed by atoms with Crippen LogP contribution in [0.5, 0.6) is 0 Å². The molecule has 2 fully saturated rings. The summed E-state index contributed by atoms with van der Waals surface area (Å²) in [5.41, 5.74) is 0. The highest BCUT2D eigenvalue weighted by Crippen LogP contribution is 2.55. The van der Waals surface area contributed by atoms with Crippen molar-refractivity contribution in [1.29, 1.82) is 0 Å². The minimum Gasteiger partial charge on any atom is -0.481 e. The van der Waals surface area contributed by atoms with Crippen LogP contribution >= 0.6 is 23.5 Å². The molecule has 2 aliphatic rings. The number of hydrogen-bond donors (Lipinski definition) is 1. The average Bonchev–Trinajstić information content (AvgIpc) is 2.66. The molecule has 2 rings (SSSR count). The summed E-state index contributed by atoms with van der Waals surface area (Å²) in [6, 6.07) is 0. The Balaban J connectivity index is 2.14. The van der Waals surface area contributed by atoms with Gasteiger partial charge in [0.15, 0.2) is 0 Å². The van der Waals surface area contributed by atoms with E-state index in [-0.39, 0.29) is 15.8 Å². The van der Waals surface area contributed by atoms with Crippen molar-refractivity contribution in [2.45, 2.75) is 30.3 Å². The minimum absolute atomic E-state index is 0.0373.